The zero-order valence-corrected chi connectivity index (χ0v) is 16.5. The first-order valence-electron chi connectivity index (χ1n) is 8.84. The number of methoxy groups -OCH3 is 2. The van der Waals surface area contributed by atoms with Gasteiger partial charge >= 0.3 is 0 Å². The lowest BCUT2D eigenvalue weighted by atomic mass is 9.91. The highest BCUT2D eigenvalue weighted by Gasteiger charge is 2.35. The van der Waals surface area contributed by atoms with Gasteiger partial charge in [-0.05, 0) is 62.2 Å². The average molecular weight is 388 g/mol. The molecule has 0 unspecified atom stereocenters. The van der Waals surface area contributed by atoms with Crippen LogP contribution < -0.4 is 20.1 Å². The molecule has 2 N–H and O–H groups in total. The molecule has 2 rings (SSSR count). The number of carbonyl (C=O) groups excluding carboxylic acids is 2. The summed E-state index contributed by atoms with van der Waals surface area (Å²) in [6.07, 6.45) is 0.571. The molecule has 0 bridgehead atoms. The Kier molecular flexibility index (Phi) is 6.98. The van der Waals surface area contributed by atoms with Crippen molar-refractivity contribution in [3.63, 3.8) is 0 Å². The number of hydrogen-bond donors (Lipinski definition) is 2. The Morgan fingerprint density at radius 3 is 2.21 bits per heavy atom. The number of hydrogen-bond acceptors (Lipinski definition) is 4. The van der Waals surface area contributed by atoms with Gasteiger partial charge in [0.25, 0.3) is 0 Å². The van der Waals surface area contributed by atoms with E-state index in [-0.39, 0.29) is 0 Å². The highest BCUT2D eigenvalue weighted by atomic mass is 19.1. The van der Waals surface area contributed by atoms with Crippen molar-refractivity contribution in [1.82, 2.24) is 5.32 Å². The molecule has 2 aromatic carbocycles. The first-order chi connectivity index (χ1) is 13.3. The van der Waals surface area contributed by atoms with Gasteiger partial charge in [0.2, 0.25) is 11.8 Å². The van der Waals surface area contributed by atoms with E-state index >= 15 is 0 Å². The van der Waals surface area contributed by atoms with Gasteiger partial charge in [-0.15, -0.1) is 0 Å². The van der Waals surface area contributed by atoms with Gasteiger partial charge in [-0.2, -0.15) is 0 Å². The molecule has 0 saturated heterocycles. The highest BCUT2D eigenvalue weighted by molar-refractivity contribution is 6.09. The van der Waals surface area contributed by atoms with E-state index in [4.69, 9.17) is 9.47 Å². The van der Waals surface area contributed by atoms with Crippen molar-refractivity contribution in [2.24, 2.45) is 5.41 Å². The Balaban J connectivity index is 1.92. The molecule has 0 radical (unpaired) electrons. The number of nitrogens with one attached hydrogen (secondary N) is 2. The molecule has 6 nitrogen and oxygen atoms in total. The molecular formula is C21H25FN2O4. The third kappa shape index (κ3) is 5.22. The van der Waals surface area contributed by atoms with E-state index in [1.807, 2.05) is 12.1 Å². The summed E-state index contributed by atoms with van der Waals surface area (Å²) in [5.41, 5.74) is 0.107. The zero-order valence-electron chi connectivity index (χ0n) is 16.5. The van der Waals surface area contributed by atoms with Gasteiger partial charge in [0, 0.05) is 12.2 Å². The van der Waals surface area contributed by atoms with E-state index in [1.165, 1.54) is 38.1 Å². The van der Waals surface area contributed by atoms with Crippen molar-refractivity contribution in [3.05, 3.63) is 53.8 Å². The van der Waals surface area contributed by atoms with E-state index in [0.717, 1.165) is 5.56 Å². The van der Waals surface area contributed by atoms with E-state index < -0.39 is 23.0 Å². The maximum atomic E-state index is 13.0. The molecule has 2 amide bonds. The Morgan fingerprint density at radius 1 is 0.964 bits per heavy atom. The van der Waals surface area contributed by atoms with E-state index in [0.29, 0.717) is 30.2 Å². The molecular weight excluding hydrogens is 363 g/mol. The van der Waals surface area contributed by atoms with Crippen molar-refractivity contribution in [1.29, 1.82) is 0 Å². The van der Waals surface area contributed by atoms with Crippen molar-refractivity contribution < 1.29 is 23.5 Å². The summed E-state index contributed by atoms with van der Waals surface area (Å²) in [5.74, 6) is -0.0142. The summed E-state index contributed by atoms with van der Waals surface area (Å²) in [7, 11) is 3.13. The number of anilines is 1. The van der Waals surface area contributed by atoms with Crippen LogP contribution in [0.25, 0.3) is 0 Å². The lowest BCUT2D eigenvalue weighted by Gasteiger charge is -2.22. The molecule has 28 heavy (non-hydrogen) atoms. The third-order valence-corrected chi connectivity index (χ3v) is 4.38. The summed E-state index contributed by atoms with van der Waals surface area (Å²) < 4.78 is 23.4. The van der Waals surface area contributed by atoms with E-state index in [1.54, 1.807) is 20.3 Å². The standard InChI is InChI=1S/C21H25FN2O4/c1-21(2,20(26)24-16-8-6-15(22)7-9-16)19(25)23-12-11-14-5-10-17(27-3)18(13-14)28-4/h5-10,13H,11-12H2,1-4H3,(H,23,25)(H,24,26). The number of benzene rings is 2. The summed E-state index contributed by atoms with van der Waals surface area (Å²) in [6.45, 7) is 3.44. The number of rotatable bonds is 8. The van der Waals surface area contributed by atoms with Gasteiger partial charge in [-0.25, -0.2) is 4.39 Å². The second-order valence-corrected chi connectivity index (χ2v) is 6.78. The maximum absolute atomic E-state index is 13.0. The molecule has 7 heteroatoms. The minimum Gasteiger partial charge on any atom is -0.493 e. The summed E-state index contributed by atoms with van der Waals surface area (Å²) in [4.78, 5) is 24.9. The van der Waals surface area contributed by atoms with Crippen LogP contribution in [0.2, 0.25) is 0 Å². The molecule has 0 aliphatic rings. The first-order valence-corrected chi connectivity index (χ1v) is 8.84. The SMILES string of the molecule is COc1ccc(CCNC(=O)C(C)(C)C(=O)Nc2ccc(F)cc2)cc1OC. The lowest BCUT2D eigenvalue weighted by molar-refractivity contribution is -0.138. The van der Waals surface area contributed by atoms with Gasteiger partial charge in [0.1, 0.15) is 11.2 Å². The van der Waals surface area contributed by atoms with Crippen LogP contribution in [0.4, 0.5) is 10.1 Å². The van der Waals surface area contributed by atoms with Crippen LogP contribution in [-0.4, -0.2) is 32.6 Å². The normalized spacial score (nSPS) is 10.9. The summed E-state index contributed by atoms with van der Waals surface area (Å²) >= 11 is 0. The van der Waals surface area contributed by atoms with Crippen molar-refractivity contribution >= 4 is 17.5 Å². The molecule has 0 aliphatic carbocycles. The Bertz CT molecular complexity index is 835. The fourth-order valence-electron chi connectivity index (χ4n) is 2.50. The van der Waals surface area contributed by atoms with Crippen LogP contribution in [0.3, 0.4) is 0 Å². The van der Waals surface area contributed by atoms with Gasteiger partial charge in [0.05, 0.1) is 14.2 Å². The molecule has 0 saturated carbocycles. The van der Waals surface area contributed by atoms with Crippen LogP contribution in [0, 0.1) is 11.2 Å². The zero-order chi connectivity index (χ0) is 20.7. The largest absolute Gasteiger partial charge is 0.493 e. The Morgan fingerprint density at radius 2 is 1.61 bits per heavy atom. The van der Waals surface area contributed by atoms with Gasteiger partial charge in [0.15, 0.2) is 11.5 Å². The van der Waals surface area contributed by atoms with Crippen molar-refractivity contribution in [2.45, 2.75) is 20.3 Å². The molecule has 0 heterocycles. The third-order valence-electron chi connectivity index (χ3n) is 4.38. The number of halogens is 1. The molecule has 2 aromatic rings. The van der Waals surface area contributed by atoms with Crippen LogP contribution in [0.1, 0.15) is 19.4 Å². The number of ether oxygens (including phenoxy) is 2. The Labute approximate surface area is 164 Å². The molecule has 0 spiro atoms. The quantitative estimate of drug-likeness (QED) is 0.681. The highest BCUT2D eigenvalue weighted by Crippen LogP contribution is 2.27. The van der Waals surface area contributed by atoms with Gasteiger partial charge < -0.3 is 20.1 Å². The predicted molar refractivity (Wildman–Crippen MR) is 105 cm³/mol. The number of carbonyl (C=O) groups is 2. The fraction of sp³-hybridized carbons (Fsp3) is 0.333. The lowest BCUT2D eigenvalue weighted by Crippen LogP contribution is -2.45. The van der Waals surface area contributed by atoms with Crippen molar-refractivity contribution in [2.75, 3.05) is 26.1 Å². The maximum Gasteiger partial charge on any atom is 0.239 e. The van der Waals surface area contributed by atoms with Crippen LogP contribution in [0.15, 0.2) is 42.5 Å². The second-order valence-electron chi connectivity index (χ2n) is 6.78. The molecule has 0 aromatic heterocycles. The smallest absolute Gasteiger partial charge is 0.239 e. The minimum atomic E-state index is -1.29. The monoisotopic (exact) mass is 388 g/mol. The summed E-state index contributed by atoms with van der Waals surface area (Å²) in [5, 5.41) is 5.41. The fourth-order valence-corrected chi connectivity index (χ4v) is 2.50. The van der Waals surface area contributed by atoms with Crippen molar-refractivity contribution in [3.8, 4) is 11.5 Å². The van der Waals surface area contributed by atoms with E-state index in [9.17, 15) is 14.0 Å². The van der Waals surface area contributed by atoms with E-state index in [2.05, 4.69) is 10.6 Å². The first kappa shape index (κ1) is 21.2. The second kappa shape index (κ2) is 9.21. The Hall–Kier alpha value is -3.09. The predicted octanol–water partition coefficient (Wildman–Crippen LogP) is 3.17. The van der Waals surface area contributed by atoms with Gasteiger partial charge in [-0.1, -0.05) is 6.07 Å². The number of amides is 2. The molecule has 150 valence electrons. The summed E-state index contributed by atoms with van der Waals surface area (Å²) in [6, 6.07) is 10.9. The van der Waals surface area contributed by atoms with Crippen LogP contribution in [-0.2, 0) is 16.0 Å². The van der Waals surface area contributed by atoms with Gasteiger partial charge in [-0.3, -0.25) is 9.59 Å². The average Bonchev–Trinajstić information content (AvgIpc) is 2.69. The minimum absolute atomic E-state index is 0.363. The molecule has 0 atom stereocenters. The topological polar surface area (TPSA) is 76.7 Å². The molecule has 0 fully saturated rings. The molecule has 0 aliphatic heterocycles. The van der Waals surface area contributed by atoms with Crippen LogP contribution in [0.5, 0.6) is 11.5 Å². The van der Waals surface area contributed by atoms with Crippen LogP contribution >= 0.6 is 0 Å².